The van der Waals surface area contributed by atoms with Gasteiger partial charge >= 0.3 is 12.1 Å². The van der Waals surface area contributed by atoms with Crippen molar-refractivity contribution in [1.82, 2.24) is 15.1 Å². The second-order valence-corrected chi connectivity index (χ2v) is 9.88. The quantitative estimate of drug-likeness (QED) is 0.435. The van der Waals surface area contributed by atoms with E-state index in [-0.39, 0.29) is 48.9 Å². The maximum Gasteiger partial charge on any atom is 0.321 e. The van der Waals surface area contributed by atoms with Gasteiger partial charge in [0, 0.05) is 31.2 Å². The lowest BCUT2D eigenvalue weighted by molar-refractivity contribution is 0.0373. The number of ether oxygens (including phenoxy) is 1. The van der Waals surface area contributed by atoms with Crippen molar-refractivity contribution in [2.45, 2.75) is 45.9 Å². The molecule has 4 N–H and O–H groups in total. The van der Waals surface area contributed by atoms with Crippen molar-refractivity contribution in [2.75, 3.05) is 37.4 Å². The summed E-state index contributed by atoms with van der Waals surface area (Å²) >= 11 is 0. The van der Waals surface area contributed by atoms with Gasteiger partial charge in [-0.2, -0.15) is 0 Å². The van der Waals surface area contributed by atoms with E-state index < -0.39 is 30.0 Å². The molecular formula is C27H36FN5O5. The molecule has 0 unspecified atom stereocenters. The number of urea groups is 2. The van der Waals surface area contributed by atoms with Crippen LogP contribution in [0, 0.1) is 11.7 Å². The number of nitrogens with zero attached hydrogens (tertiary/aromatic N) is 2. The fourth-order valence-electron chi connectivity index (χ4n) is 4.09. The number of halogens is 1. The third-order valence-electron chi connectivity index (χ3n) is 6.26. The van der Waals surface area contributed by atoms with Crippen molar-refractivity contribution in [3.8, 4) is 5.75 Å². The number of aliphatic hydroxyl groups excluding tert-OH is 1. The molecule has 0 saturated heterocycles. The van der Waals surface area contributed by atoms with E-state index in [1.165, 1.54) is 29.2 Å². The van der Waals surface area contributed by atoms with E-state index in [2.05, 4.69) is 16.0 Å². The lowest BCUT2D eigenvalue weighted by Crippen LogP contribution is -2.50. The van der Waals surface area contributed by atoms with E-state index in [4.69, 9.17) is 4.74 Å². The number of anilines is 2. The van der Waals surface area contributed by atoms with Crippen LogP contribution in [-0.2, 0) is 0 Å². The standard InChI is InChI=1S/C27H36FN5O5/c1-16(2)29-26(36)31-22-8-6-7-21-24(22)38-23(17(3)13-33(25(21)35)18(4)15-34)14-32(5)27(37)30-20-11-9-19(28)10-12-20/h6-12,16-18,23,34H,13-15H2,1-5H3,(H,30,37)(H2,29,31,36)/t17-,18-,23+/m0/s1. The zero-order valence-corrected chi connectivity index (χ0v) is 22.3. The molecule has 2 aromatic rings. The van der Waals surface area contributed by atoms with Gasteiger partial charge in [-0.25, -0.2) is 14.0 Å². The number of fused-ring (bicyclic) bond motifs is 1. The minimum Gasteiger partial charge on any atom is -0.485 e. The highest BCUT2D eigenvalue weighted by Crippen LogP contribution is 2.35. The Bertz CT molecular complexity index is 1140. The Balaban J connectivity index is 1.92. The van der Waals surface area contributed by atoms with E-state index in [0.29, 0.717) is 11.4 Å². The van der Waals surface area contributed by atoms with Gasteiger partial charge < -0.3 is 35.6 Å². The first-order valence-electron chi connectivity index (χ1n) is 12.6. The molecule has 206 valence electrons. The molecule has 11 heteroatoms. The monoisotopic (exact) mass is 529 g/mol. The Morgan fingerprint density at radius 3 is 2.47 bits per heavy atom. The first kappa shape index (κ1) is 28.7. The van der Waals surface area contributed by atoms with Crippen molar-refractivity contribution >= 4 is 29.3 Å². The highest BCUT2D eigenvalue weighted by Gasteiger charge is 2.35. The second kappa shape index (κ2) is 12.6. The molecule has 0 bridgehead atoms. The molecule has 1 aliphatic heterocycles. The zero-order valence-electron chi connectivity index (χ0n) is 22.3. The third kappa shape index (κ3) is 7.12. The number of hydrogen-bond acceptors (Lipinski definition) is 5. The van der Waals surface area contributed by atoms with Crippen LogP contribution >= 0.6 is 0 Å². The molecular weight excluding hydrogens is 493 g/mol. The summed E-state index contributed by atoms with van der Waals surface area (Å²) in [6, 6.07) is 8.89. The molecule has 0 aliphatic carbocycles. The molecule has 0 spiro atoms. The molecule has 3 atom stereocenters. The summed E-state index contributed by atoms with van der Waals surface area (Å²) in [7, 11) is 1.61. The van der Waals surface area contributed by atoms with E-state index in [1.54, 1.807) is 37.1 Å². The predicted molar refractivity (Wildman–Crippen MR) is 143 cm³/mol. The molecule has 1 aliphatic rings. The SMILES string of the molecule is CC(C)NC(=O)Nc1cccc2c1O[C@H](CN(C)C(=O)Nc1ccc(F)cc1)[C@@H](C)CN([C@@H](C)CO)C2=O. The van der Waals surface area contributed by atoms with Crippen LogP contribution in [-0.4, -0.2) is 77.8 Å². The Morgan fingerprint density at radius 1 is 1.16 bits per heavy atom. The van der Waals surface area contributed by atoms with Crippen molar-refractivity contribution in [1.29, 1.82) is 0 Å². The van der Waals surface area contributed by atoms with Gasteiger partial charge in [0.15, 0.2) is 5.75 Å². The summed E-state index contributed by atoms with van der Waals surface area (Å²) in [5, 5.41) is 18.1. The second-order valence-electron chi connectivity index (χ2n) is 9.88. The van der Waals surface area contributed by atoms with E-state index in [0.717, 1.165) is 0 Å². The predicted octanol–water partition coefficient (Wildman–Crippen LogP) is 3.74. The Hall–Kier alpha value is -3.86. The normalized spacial score (nSPS) is 18.0. The van der Waals surface area contributed by atoms with Crippen LogP contribution in [0.2, 0.25) is 0 Å². The van der Waals surface area contributed by atoms with Crippen molar-refractivity contribution < 1.29 is 28.6 Å². The van der Waals surface area contributed by atoms with Crippen LogP contribution < -0.4 is 20.7 Å². The van der Waals surface area contributed by atoms with Gasteiger partial charge in [-0.15, -0.1) is 0 Å². The molecule has 0 radical (unpaired) electrons. The molecule has 2 aromatic carbocycles. The molecule has 0 aromatic heterocycles. The highest BCUT2D eigenvalue weighted by molar-refractivity contribution is 6.01. The van der Waals surface area contributed by atoms with Gasteiger partial charge in [-0.1, -0.05) is 13.0 Å². The van der Waals surface area contributed by atoms with Crippen molar-refractivity contribution in [3.05, 3.63) is 53.8 Å². The Kier molecular flexibility index (Phi) is 9.51. The number of carbonyl (C=O) groups is 3. The largest absolute Gasteiger partial charge is 0.485 e. The van der Waals surface area contributed by atoms with Crippen molar-refractivity contribution in [2.24, 2.45) is 5.92 Å². The van der Waals surface area contributed by atoms with Crippen LogP contribution in [0.3, 0.4) is 0 Å². The lowest BCUT2D eigenvalue weighted by atomic mass is 9.99. The average molecular weight is 530 g/mol. The number of nitrogens with one attached hydrogen (secondary N) is 3. The number of benzene rings is 2. The van der Waals surface area contributed by atoms with Crippen LogP contribution in [0.5, 0.6) is 5.75 Å². The Labute approximate surface area is 222 Å². The Morgan fingerprint density at radius 2 is 1.84 bits per heavy atom. The highest BCUT2D eigenvalue weighted by atomic mass is 19.1. The fraction of sp³-hybridized carbons (Fsp3) is 0.444. The summed E-state index contributed by atoms with van der Waals surface area (Å²) in [5.74, 6) is -0.799. The molecule has 5 amide bonds. The topological polar surface area (TPSA) is 123 Å². The number of hydrogen-bond donors (Lipinski definition) is 4. The summed E-state index contributed by atoms with van der Waals surface area (Å²) in [6.07, 6.45) is -0.574. The fourth-order valence-corrected chi connectivity index (χ4v) is 4.09. The third-order valence-corrected chi connectivity index (χ3v) is 6.26. The van der Waals surface area contributed by atoms with Gasteiger partial charge in [0.25, 0.3) is 5.91 Å². The smallest absolute Gasteiger partial charge is 0.321 e. The molecule has 3 rings (SSSR count). The number of likely N-dealkylation sites (N-methyl/N-ethyl adjacent to an activating group) is 1. The van der Waals surface area contributed by atoms with E-state index in [9.17, 15) is 23.9 Å². The number of aliphatic hydroxyl groups is 1. The van der Waals surface area contributed by atoms with Gasteiger partial charge in [0.2, 0.25) is 0 Å². The van der Waals surface area contributed by atoms with Crippen LogP contribution in [0.25, 0.3) is 0 Å². The maximum atomic E-state index is 13.5. The summed E-state index contributed by atoms with van der Waals surface area (Å²) in [6.45, 7) is 7.50. The van der Waals surface area contributed by atoms with Crippen LogP contribution in [0.4, 0.5) is 25.4 Å². The first-order chi connectivity index (χ1) is 18.0. The molecule has 0 saturated carbocycles. The molecule has 0 fully saturated rings. The van der Waals surface area contributed by atoms with Gasteiger partial charge in [0.1, 0.15) is 11.9 Å². The number of rotatable bonds is 7. The zero-order chi connectivity index (χ0) is 28.0. The van der Waals surface area contributed by atoms with E-state index >= 15 is 0 Å². The minimum absolute atomic E-state index is 0.106. The summed E-state index contributed by atoms with van der Waals surface area (Å²) < 4.78 is 19.6. The summed E-state index contributed by atoms with van der Waals surface area (Å²) in [4.78, 5) is 41.9. The molecule has 38 heavy (non-hydrogen) atoms. The number of amides is 5. The molecule has 10 nitrogen and oxygen atoms in total. The average Bonchev–Trinajstić information content (AvgIpc) is 2.86. The maximum absolute atomic E-state index is 13.5. The van der Waals surface area contributed by atoms with Crippen LogP contribution in [0.1, 0.15) is 38.1 Å². The molecule has 1 heterocycles. The number of carbonyl (C=O) groups excluding carboxylic acids is 3. The van der Waals surface area contributed by atoms with Crippen LogP contribution in [0.15, 0.2) is 42.5 Å². The van der Waals surface area contributed by atoms with Gasteiger partial charge in [0.05, 0.1) is 30.4 Å². The lowest BCUT2D eigenvalue weighted by Gasteiger charge is -2.38. The number of para-hydroxylation sites is 1. The first-order valence-corrected chi connectivity index (χ1v) is 12.6. The summed E-state index contributed by atoms with van der Waals surface area (Å²) in [5.41, 5.74) is 0.988. The van der Waals surface area contributed by atoms with Gasteiger partial charge in [-0.3, -0.25) is 4.79 Å². The minimum atomic E-state index is -0.574. The van der Waals surface area contributed by atoms with Crippen molar-refractivity contribution in [3.63, 3.8) is 0 Å². The van der Waals surface area contributed by atoms with E-state index in [1.807, 2.05) is 20.8 Å². The van der Waals surface area contributed by atoms with Gasteiger partial charge in [-0.05, 0) is 57.2 Å².